The third-order valence-corrected chi connectivity index (χ3v) is 5.81. The van der Waals surface area contributed by atoms with E-state index in [0.29, 0.717) is 35.0 Å². The molecule has 1 aliphatic rings. The second-order valence-electron chi connectivity index (χ2n) is 6.15. The average Bonchev–Trinajstić information content (AvgIpc) is 3.33. The quantitative estimate of drug-likeness (QED) is 0.444. The monoisotopic (exact) mass is 502 g/mol. The van der Waals surface area contributed by atoms with Gasteiger partial charge in [0.05, 0.1) is 12.9 Å². The number of benzene rings is 1. The Morgan fingerprint density at radius 2 is 1.93 bits per heavy atom. The van der Waals surface area contributed by atoms with Gasteiger partial charge in [-0.1, -0.05) is 0 Å². The van der Waals surface area contributed by atoms with Crippen LogP contribution in [0.5, 0.6) is 11.5 Å². The summed E-state index contributed by atoms with van der Waals surface area (Å²) >= 11 is 7.07. The summed E-state index contributed by atoms with van der Waals surface area (Å²) in [7, 11) is 0. The number of ether oxygens (including phenoxy) is 2. The highest BCUT2D eigenvalue weighted by atomic mass is 79.9. The maximum absolute atomic E-state index is 8.15. The largest absolute Gasteiger partial charge is 0.454 e. The fraction of sp³-hybridized carbons (Fsp3) is 0.111. The lowest BCUT2D eigenvalue weighted by molar-refractivity contribution is 0.174. The zero-order chi connectivity index (χ0) is 19.3. The average molecular weight is 504 g/mol. The molecule has 0 unspecified atom stereocenters. The Bertz CT molecular complexity index is 1260. The Morgan fingerprint density at radius 3 is 2.75 bits per heavy atom. The van der Waals surface area contributed by atoms with Crippen LogP contribution >= 0.6 is 31.9 Å². The van der Waals surface area contributed by atoms with Crippen molar-refractivity contribution in [1.29, 1.82) is 5.41 Å². The molecule has 140 valence electrons. The van der Waals surface area contributed by atoms with Crippen molar-refractivity contribution in [2.75, 3.05) is 6.79 Å². The van der Waals surface area contributed by atoms with Gasteiger partial charge in [-0.2, -0.15) is 0 Å². The summed E-state index contributed by atoms with van der Waals surface area (Å²) in [6.45, 7) is 0.730. The second kappa shape index (κ2) is 6.71. The van der Waals surface area contributed by atoms with Crippen LogP contribution in [0.4, 0.5) is 0 Å². The standard InChI is InChI=1S/C18H12Br2N6O2/c19-11-4-22-5-12(20)10(11)6-26-7-23-16(21)15-18(26)25-17(24-15)9-1-2-13-14(3-9)28-8-27-13/h1-5,7,21H,6,8H2,(H,24,25). The van der Waals surface area contributed by atoms with Crippen LogP contribution in [0.2, 0.25) is 0 Å². The Balaban J connectivity index is 1.62. The molecule has 0 atom stereocenters. The van der Waals surface area contributed by atoms with Gasteiger partial charge in [0.1, 0.15) is 11.3 Å². The molecule has 1 aliphatic heterocycles. The van der Waals surface area contributed by atoms with E-state index < -0.39 is 0 Å². The maximum Gasteiger partial charge on any atom is 0.231 e. The number of aromatic amines is 1. The van der Waals surface area contributed by atoms with Crippen LogP contribution in [-0.4, -0.2) is 31.3 Å². The van der Waals surface area contributed by atoms with Crippen molar-refractivity contribution < 1.29 is 9.47 Å². The highest BCUT2D eigenvalue weighted by Gasteiger charge is 2.17. The first-order chi connectivity index (χ1) is 13.6. The van der Waals surface area contributed by atoms with E-state index in [0.717, 1.165) is 20.1 Å². The molecule has 2 N–H and O–H groups in total. The number of hydrogen-bond acceptors (Lipinski definition) is 6. The van der Waals surface area contributed by atoms with Crippen molar-refractivity contribution in [3.63, 3.8) is 0 Å². The van der Waals surface area contributed by atoms with Crippen LogP contribution in [0.25, 0.3) is 22.6 Å². The van der Waals surface area contributed by atoms with Gasteiger partial charge in [-0.25, -0.2) is 9.97 Å². The number of nitrogens with zero attached hydrogens (tertiary/aromatic N) is 4. The van der Waals surface area contributed by atoms with Gasteiger partial charge >= 0.3 is 0 Å². The van der Waals surface area contributed by atoms with Crippen LogP contribution in [0.3, 0.4) is 0 Å². The van der Waals surface area contributed by atoms with E-state index in [2.05, 4.69) is 46.8 Å². The normalized spacial score (nSPS) is 12.6. The number of H-pyrrole nitrogens is 1. The highest BCUT2D eigenvalue weighted by molar-refractivity contribution is 9.11. The van der Waals surface area contributed by atoms with Gasteiger partial charge < -0.3 is 19.0 Å². The maximum atomic E-state index is 8.15. The van der Waals surface area contributed by atoms with Gasteiger partial charge in [0.15, 0.2) is 22.6 Å². The minimum absolute atomic E-state index is 0.138. The first kappa shape index (κ1) is 17.4. The zero-order valence-electron chi connectivity index (χ0n) is 14.2. The number of imidazole rings is 1. The molecular weight excluding hydrogens is 492 g/mol. The summed E-state index contributed by atoms with van der Waals surface area (Å²) in [5.74, 6) is 2.03. The van der Waals surface area contributed by atoms with E-state index in [1.807, 2.05) is 22.8 Å². The van der Waals surface area contributed by atoms with Gasteiger partial charge in [0, 0.05) is 32.5 Å². The molecule has 0 radical (unpaired) electrons. The first-order valence-electron chi connectivity index (χ1n) is 8.28. The van der Waals surface area contributed by atoms with E-state index in [1.165, 1.54) is 0 Å². The Hall–Kier alpha value is -2.72. The molecule has 1 aromatic carbocycles. The predicted octanol–water partition coefficient (Wildman–Crippen LogP) is 3.60. The molecule has 0 saturated heterocycles. The molecule has 0 saturated carbocycles. The van der Waals surface area contributed by atoms with E-state index in [-0.39, 0.29) is 12.3 Å². The molecule has 8 nitrogen and oxygen atoms in total. The van der Waals surface area contributed by atoms with Crippen LogP contribution in [0.15, 0.2) is 45.9 Å². The van der Waals surface area contributed by atoms with Crippen LogP contribution in [0, 0.1) is 5.41 Å². The van der Waals surface area contributed by atoms with E-state index in [9.17, 15) is 0 Å². The molecule has 0 bridgehead atoms. The van der Waals surface area contributed by atoms with Gasteiger partial charge in [-0.15, -0.1) is 0 Å². The Labute approximate surface area is 175 Å². The van der Waals surface area contributed by atoms with Crippen molar-refractivity contribution >= 4 is 43.0 Å². The molecule has 0 aliphatic carbocycles. The van der Waals surface area contributed by atoms with Gasteiger partial charge in [-0.3, -0.25) is 10.4 Å². The molecule has 3 aromatic heterocycles. The summed E-state index contributed by atoms with van der Waals surface area (Å²) < 4.78 is 14.5. The van der Waals surface area contributed by atoms with Crippen LogP contribution < -0.4 is 15.0 Å². The molecule has 28 heavy (non-hydrogen) atoms. The fourth-order valence-corrected chi connectivity index (χ4v) is 4.22. The van der Waals surface area contributed by atoms with Crippen LogP contribution in [-0.2, 0) is 6.54 Å². The summed E-state index contributed by atoms with van der Waals surface area (Å²) in [6.07, 6.45) is 5.10. The van der Waals surface area contributed by atoms with Gasteiger partial charge in [0.2, 0.25) is 6.79 Å². The van der Waals surface area contributed by atoms with E-state index >= 15 is 0 Å². The Morgan fingerprint density at radius 1 is 1.14 bits per heavy atom. The van der Waals surface area contributed by atoms with Gasteiger partial charge in [-0.05, 0) is 50.1 Å². The lowest BCUT2D eigenvalue weighted by atomic mass is 10.2. The third-order valence-electron chi connectivity index (χ3n) is 4.45. The third kappa shape index (κ3) is 2.89. The van der Waals surface area contributed by atoms with E-state index in [1.54, 1.807) is 18.7 Å². The smallest absolute Gasteiger partial charge is 0.231 e. The summed E-state index contributed by atoms with van der Waals surface area (Å²) in [5.41, 5.74) is 3.20. The minimum atomic E-state index is 0.138. The van der Waals surface area contributed by atoms with Crippen molar-refractivity contribution in [3.8, 4) is 22.9 Å². The molecule has 10 heteroatoms. The van der Waals surface area contributed by atoms with Crippen molar-refractivity contribution in [3.05, 3.63) is 56.9 Å². The predicted molar refractivity (Wildman–Crippen MR) is 108 cm³/mol. The second-order valence-corrected chi connectivity index (χ2v) is 7.86. The number of pyridine rings is 1. The van der Waals surface area contributed by atoms with Crippen molar-refractivity contribution in [2.24, 2.45) is 0 Å². The SMILES string of the molecule is N=c1ncn(Cc2c(Br)cncc2Br)c2nc(-c3ccc4c(c3)OCO4)[nH]c12. The molecule has 0 fully saturated rings. The molecule has 4 aromatic rings. The first-order valence-corrected chi connectivity index (χ1v) is 9.86. The number of hydrogen-bond donors (Lipinski definition) is 2. The van der Waals surface area contributed by atoms with Crippen molar-refractivity contribution in [1.82, 2.24) is 24.5 Å². The molecule has 4 heterocycles. The highest BCUT2D eigenvalue weighted by Crippen LogP contribution is 2.35. The minimum Gasteiger partial charge on any atom is -0.454 e. The molecular formula is C18H12Br2N6O2. The number of fused-ring (bicyclic) bond motifs is 2. The summed E-state index contributed by atoms with van der Waals surface area (Å²) in [5, 5.41) is 8.15. The number of rotatable bonds is 3. The van der Waals surface area contributed by atoms with Crippen molar-refractivity contribution in [2.45, 2.75) is 6.54 Å². The topological polar surface area (TPSA) is 102 Å². The lowest BCUT2D eigenvalue weighted by Gasteiger charge is -2.10. The van der Waals surface area contributed by atoms with Crippen LogP contribution in [0.1, 0.15) is 5.56 Å². The number of halogens is 2. The summed E-state index contributed by atoms with van der Waals surface area (Å²) in [4.78, 5) is 16.3. The fourth-order valence-electron chi connectivity index (χ4n) is 3.04. The number of aromatic nitrogens is 5. The lowest BCUT2D eigenvalue weighted by Crippen LogP contribution is -2.13. The summed E-state index contributed by atoms with van der Waals surface area (Å²) in [6, 6.07) is 5.63. The Kier molecular flexibility index (Phi) is 4.17. The van der Waals surface area contributed by atoms with E-state index in [4.69, 9.17) is 19.9 Å². The van der Waals surface area contributed by atoms with Gasteiger partial charge in [0.25, 0.3) is 0 Å². The molecule has 5 rings (SSSR count). The molecule has 0 amide bonds. The molecule has 0 spiro atoms. The number of nitrogens with one attached hydrogen (secondary N) is 2. The zero-order valence-corrected chi connectivity index (χ0v) is 17.4.